The summed E-state index contributed by atoms with van der Waals surface area (Å²) in [6.45, 7) is -0.418. The van der Waals surface area contributed by atoms with Crippen LogP contribution in [0.4, 0.5) is 8.78 Å². The van der Waals surface area contributed by atoms with Gasteiger partial charge in [-0.3, -0.25) is 4.79 Å². The third-order valence-corrected chi connectivity index (χ3v) is 2.39. The summed E-state index contributed by atoms with van der Waals surface area (Å²) < 4.78 is 28.6. The minimum Gasteiger partial charge on any atom is -0.374 e. The summed E-state index contributed by atoms with van der Waals surface area (Å²) in [5, 5.41) is 2.51. The van der Waals surface area contributed by atoms with E-state index in [4.69, 9.17) is 0 Å². The summed E-state index contributed by atoms with van der Waals surface area (Å²) >= 11 is 3.18. The van der Waals surface area contributed by atoms with Crippen LogP contribution in [0.25, 0.3) is 0 Å². The second-order valence-electron chi connectivity index (χ2n) is 3.06. The monoisotopic (exact) mass is 308 g/mol. The third-order valence-electron chi connectivity index (χ3n) is 1.75. The Bertz CT molecular complexity index is 377. The minimum absolute atomic E-state index is 0.0422. The maximum absolute atomic E-state index is 11.7. The number of hydrogen-bond acceptors (Lipinski definition) is 3. The molecule has 4 nitrogen and oxygen atoms in total. The molecule has 1 N–H and O–H groups in total. The van der Waals surface area contributed by atoms with E-state index in [1.807, 2.05) is 0 Å². The van der Waals surface area contributed by atoms with Crippen LogP contribution in [0.3, 0.4) is 0 Å². The molecule has 0 aliphatic rings. The maximum Gasteiger partial charge on any atom is 0.271 e. The van der Waals surface area contributed by atoms with Crippen LogP contribution in [-0.2, 0) is 4.74 Å². The lowest BCUT2D eigenvalue weighted by molar-refractivity contribution is 0.0188. The highest BCUT2D eigenvalue weighted by atomic mass is 79.9. The maximum atomic E-state index is 11.7. The molecule has 0 spiro atoms. The second-order valence-corrected chi connectivity index (χ2v) is 3.91. The number of alkyl halides is 2. The average molecular weight is 309 g/mol. The lowest BCUT2D eigenvalue weighted by atomic mass is 10.3. The molecule has 0 atom stereocenters. The molecule has 0 aliphatic heterocycles. The van der Waals surface area contributed by atoms with Gasteiger partial charge in [-0.2, -0.15) is 0 Å². The van der Waals surface area contributed by atoms with E-state index in [1.165, 1.54) is 6.20 Å². The molecule has 0 bridgehead atoms. The molecule has 1 aromatic heterocycles. The van der Waals surface area contributed by atoms with Gasteiger partial charge in [-0.15, -0.1) is 0 Å². The first-order valence-electron chi connectivity index (χ1n) is 4.86. The first-order chi connectivity index (χ1) is 8.11. The topological polar surface area (TPSA) is 51.2 Å². The number of rotatable bonds is 6. The molecule has 7 heteroatoms. The van der Waals surface area contributed by atoms with Gasteiger partial charge in [0.05, 0.1) is 6.61 Å². The van der Waals surface area contributed by atoms with Crippen molar-refractivity contribution in [3.05, 3.63) is 28.5 Å². The lowest BCUT2D eigenvalue weighted by Gasteiger charge is -2.06. The Labute approximate surface area is 105 Å². The van der Waals surface area contributed by atoms with Crippen LogP contribution < -0.4 is 5.32 Å². The van der Waals surface area contributed by atoms with Crippen LogP contribution in [0, 0.1) is 0 Å². The van der Waals surface area contributed by atoms with Gasteiger partial charge in [-0.25, -0.2) is 13.8 Å². The van der Waals surface area contributed by atoms with E-state index in [-0.39, 0.29) is 24.8 Å². The summed E-state index contributed by atoms with van der Waals surface area (Å²) in [5.74, 6) is -0.377. The average Bonchev–Trinajstić information content (AvgIpc) is 2.28. The van der Waals surface area contributed by atoms with Gasteiger partial charge < -0.3 is 10.1 Å². The quantitative estimate of drug-likeness (QED) is 0.816. The molecular formula is C10H11BrF2N2O2. The molecule has 0 unspecified atom stereocenters. The molecule has 0 fully saturated rings. The van der Waals surface area contributed by atoms with Crippen molar-refractivity contribution in [3.8, 4) is 0 Å². The van der Waals surface area contributed by atoms with Crippen LogP contribution in [0.15, 0.2) is 22.8 Å². The summed E-state index contributed by atoms with van der Waals surface area (Å²) in [6.07, 6.45) is -0.997. The fraction of sp³-hybridized carbons (Fsp3) is 0.400. The fourth-order valence-electron chi connectivity index (χ4n) is 1.05. The van der Waals surface area contributed by atoms with E-state index in [2.05, 4.69) is 31.0 Å². The Balaban J connectivity index is 2.29. The van der Waals surface area contributed by atoms with Gasteiger partial charge in [-0.05, 0) is 28.1 Å². The van der Waals surface area contributed by atoms with Gasteiger partial charge in [0.15, 0.2) is 0 Å². The molecule has 1 heterocycles. The Hall–Kier alpha value is -1.08. The molecule has 0 saturated heterocycles. The van der Waals surface area contributed by atoms with Crippen molar-refractivity contribution in [1.82, 2.24) is 10.3 Å². The highest BCUT2D eigenvalue weighted by Gasteiger charge is 2.10. The van der Waals surface area contributed by atoms with Gasteiger partial charge in [-0.1, -0.05) is 0 Å². The number of nitrogens with zero attached hydrogens (tertiary/aromatic N) is 1. The fourth-order valence-corrected chi connectivity index (χ4v) is 1.48. The van der Waals surface area contributed by atoms with E-state index in [1.54, 1.807) is 12.1 Å². The molecule has 0 aliphatic carbocycles. The van der Waals surface area contributed by atoms with Crippen molar-refractivity contribution >= 4 is 21.8 Å². The number of hydrogen-bond donors (Lipinski definition) is 1. The summed E-state index contributed by atoms with van der Waals surface area (Å²) in [4.78, 5) is 15.4. The van der Waals surface area contributed by atoms with Crippen LogP contribution in [0.5, 0.6) is 0 Å². The zero-order valence-corrected chi connectivity index (χ0v) is 10.4. The number of carbonyl (C=O) groups is 1. The second kappa shape index (κ2) is 7.29. The van der Waals surface area contributed by atoms with Gasteiger partial charge >= 0.3 is 0 Å². The Morgan fingerprint density at radius 2 is 2.35 bits per heavy atom. The van der Waals surface area contributed by atoms with Gasteiger partial charge in [0, 0.05) is 17.2 Å². The zero-order chi connectivity index (χ0) is 12.7. The number of halogens is 3. The predicted octanol–water partition coefficient (Wildman–Crippen LogP) is 1.86. The smallest absolute Gasteiger partial charge is 0.271 e. The lowest BCUT2D eigenvalue weighted by Crippen LogP contribution is -2.28. The number of carbonyl (C=O) groups excluding carboxylic acids is 1. The van der Waals surface area contributed by atoms with Crippen molar-refractivity contribution in [2.45, 2.75) is 6.43 Å². The highest BCUT2D eigenvalue weighted by molar-refractivity contribution is 9.10. The molecule has 1 amide bonds. The summed E-state index contributed by atoms with van der Waals surface area (Å²) in [6, 6.07) is 3.38. The Morgan fingerprint density at radius 3 is 3.00 bits per heavy atom. The summed E-state index contributed by atoms with van der Waals surface area (Å²) in [7, 11) is 0. The molecular weight excluding hydrogens is 298 g/mol. The predicted molar refractivity (Wildman–Crippen MR) is 61.1 cm³/mol. The van der Waals surface area contributed by atoms with Gasteiger partial charge in [0.2, 0.25) is 0 Å². The number of ether oxygens (including phenoxy) is 1. The SMILES string of the molecule is O=C(NCCOCC(F)F)c1ncccc1Br. The third kappa shape index (κ3) is 5.18. The highest BCUT2D eigenvalue weighted by Crippen LogP contribution is 2.12. The van der Waals surface area contributed by atoms with E-state index < -0.39 is 13.0 Å². The molecule has 1 rings (SSSR count). The van der Waals surface area contributed by atoms with Crippen molar-refractivity contribution in [2.24, 2.45) is 0 Å². The molecule has 0 saturated carbocycles. The van der Waals surface area contributed by atoms with Crippen molar-refractivity contribution in [3.63, 3.8) is 0 Å². The number of aromatic nitrogens is 1. The standard InChI is InChI=1S/C10H11BrF2N2O2/c11-7-2-1-3-14-9(7)10(16)15-4-5-17-6-8(12)13/h1-3,8H,4-6H2,(H,15,16). The molecule has 0 aromatic carbocycles. The Morgan fingerprint density at radius 1 is 1.59 bits per heavy atom. The van der Waals surface area contributed by atoms with Crippen molar-refractivity contribution < 1.29 is 18.3 Å². The van der Waals surface area contributed by atoms with Gasteiger partial charge in [0.1, 0.15) is 12.3 Å². The normalized spacial score (nSPS) is 10.6. The van der Waals surface area contributed by atoms with E-state index in [0.29, 0.717) is 4.47 Å². The minimum atomic E-state index is -2.49. The number of nitrogens with one attached hydrogen (secondary N) is 1. The first kappa shape index (κ1) is 14.0. The van der Waals surface area contributed by atoms with E-state index in [9.17, 15) is 13.6 Å². The molecule has 0 radical (unpaired) electrons. The van der Waals surface area contributed by atoms with Crippen LogP contribution in [0.2, 0.25) is 0 Å². The number of pyridine rings is 1. The Kier molecular flexibility index (Phi) is 5.99. The van der Waals surface area contributed by atoms with Crippen molar-refractivity contribution in [1.29, 1.82) is 0 Å². The first-order valence-corrected chi connectivity index (χ1v) is 5.65. The van der Waals surface area contributed by atoms with Gasteiger partial charge in [0.25, 0.3) is 12.3 Å². The van der Waals surface area contributed by atoms with Crippen molar-refractivity contribution in [2.75, 3.05) is 19.8 Å². The zero-order valence-electron chi connectivity index (χ0n) is 8.83. The van der Waals surface area contributed by atoms with E-state index in [0.717, 1.165) is 0 Å². The molecule has 94 valence electrons. The number of amides is 1. The molecule has 17 heavy (non-hydrogen) atoms. The van der Waals surface area contributed by atoms with Crippen LogP contribution >= 0.6 is 15.9 Å². The van der Waals surface area contributed by atoms with E-state index >= 15 is 0 Å². The molecule has 1 aromatic rings. The van der Waals surface area contributed by atoms with Crippen LogP contribution in [-0.4, -0.2) is 37.1 Å². The summed E-state index contributed by atoms with van der Waals surface area (Å²) in [5.41, 5.74) is 0.251. The largest absolute Gasteiger partial charge is 0.374 e. The van der Waals surface area contributed by atoms with Crippen LogP contribution in [0.1, 0.15) is 10.5 Å².